The van der Waals surface area contributed by atoms with Gasteiger partial charge in [0.1, 0.15) is 12.4 Å². The molecule has 0 aromatic heterocycles. The van der Waals surface area contributed by atoms with Crippen molar-refractivity contribution < 1.29 is 33.3 Å². The summed E-state index contributed by atoms with van der Waals surface area (Å²) in [4.78, 5) is 10.1. The molecule has 0 spiro atoms. The maximum absolute atomic E-state index is 10.5. The molecular formula is C18H29NO8. The van der Waals surface area contributed by atoms with Crippen LogP contribution in [0.4, 0.5) is 5.69 Å². The van der Waals surface area contributed by atoms with E-state index in [9.17, 15) is 10.1 Å². The lowest BCUT2D eigenvalue weighted by Crippen LogP contribution is -2.14. The molecule has 1 aromatic carbocycles. The Morgan fingerprint density at radius 3 is 1.52 bits per heavy atom. The standard InChI is InChI=1S/C18H29NO8/c1-2-22-7-8-23-9-10-24-11-12-25-13-14-26-15-16-27-18-5-3-17(4-6-18)19(20)21/h3-6H,2,7-16H2,1H3. The van der Waals surface area contributed by atoms with Crippen molar-refractivity contribution in [2.45, 2.75) is 6.92 Å². The zero-order chi connectivity index (χ0) is 19.6. The van der Waals surface area contributed by atoms with E-state index in [0.717, 1.165) is 0 Å². The smallest absolute Gasteiger partial charge is 0.269 e. The summed E-state index contributed by atoms with van der Waals surface area (Å²) < 4.78 is 32.0. The van der Waals surface area contributed by atoms with E-state index in [1.165, 1.54) is 12.1 Å². The van der Waals surface area contributed by atoms with Crippen LogP contribution < -0.4 is 4.74 Å². The number of nitro benzene ring substituents is 1. The average molecular weight is 387 g/mol. The minimum atomic E-state index is -0.449. The number of hydrogen-bond donors (Lipinski definition) is 0. The molecule has 0 saturated heterocycles. The fraction of sp³-hybridized carbons (Fsp3) is 0.667. The first-order valence-corrected chi connectivity index (χ1v) is 9.00. The van der Waals surface area contributed by atoms with E-state index in [-0.39, 0.29) is 5.69 Å². The van der Waals surface area contributed by atoms with E-state index in [1.54, 1.807) is 12.1 Å². The first-order valence-electron chi connectivity index (χ1n) is 9.00. The fourth-order valence-corrected chi connectivity index (χ4v) is 1.91. The van der Waals surface area contributed by atoms with Crippen molar-refractivity contribution in [3.63, 3.8) is 0 Å². The molecule has 0 aliphatic carbocycles. The minimum Gasteiger partial charge on any atom is -0.491 e. The number of nitro groups is 1. The molecule has 0 saturated carbocycles. The lowest BCUT2D eigenvalue weighted by atomic mass is 10.3. The Morgan fingerprint density at radius 2 is 1.11 bits per heavy atom. The molecule has 0 heterocycles. The second kappa shape index (κ2) is 16.4. The molecule has 1 aromatic rings. The zero-order valence-corrected chi connectivity index (χ0v) is 15.8. The molecule has 0 N–H and O–H groups in total. The van der Waals surface area contributed by atoms with Crippen LogP contribution in [0.1, 0.15) is 6.92 Å². The molecule has 0 atom stereocenters. The third-order valence-corrected chi connectivity index (χ3v) is 3.24. The van der Waals surface area contributed by atoms with Crippen molar-refractivity contribution in [1.82, 2.24) is 0 Å². The van der Waals surface area contributed by atoms with Gasteiger partial charge in [-0.2, -0.15) is 0 Å². The van der Waals surface area contributed by atoms with E-state index < -0.39 is 4.92 Å². The van der Waals surface area contributed by atoms with Crippen LogP contribution in [0.2, 0.25) is 0 Å². The molecule has 1 rings (SSSR count). The SMILES string of the molecule is CCOCCOCCOCCOCCOCCOc1ccc([N+](=O)[O-])cc1. The van der Waals surface area contributed by atoms with Crippen LogP contribution in [0.3, 0.4) is 0 Å². The molecule has 0 amide bonds. The molecular weight excluding hydrogens is 358 g/mol. The van der Waals surface area contributed by atoms with Crippen LogP contribution in [0.25, 0.3) is 0 Å². The largest absolute Gasteiger partial charge is 0.491 e. The first kappa shape index (κ1) is 23.3. The zero-order valence-electron chi connectivity index (χ0n) is 15.8. The van der Waals surface area contributed by atoms with Gasteiger partial charge < -0.3 is 28.4 Å². The summed E-state index contributed by atoms with van der Waals surface area (Å²) in [7, 11) is 0. The third kappa shape index (κ3) is 13.1. The summed E-state index contributed by atoms with van der Waals surface area (Å²) in [6, 6.07) is 5.93. The van der Waals surface area contributed by atoms with Gasteiger partial charge in [-0.15, -0.1) is 0 Å². The lowest BCUT2D eigenvalue weighted by molar-refractivity contribution is -0.384. The summed E-state index contributed by atoms with van der Waals surface area (Å²) in [5.41, 5.74) is 0.0360. The molecule has 154 valence electrons. The van der Waals surface area contributed by atoms with Gasteiger partial charge in [-0.3, -0.25) is 10.1 Å². The summed E-state index contributed by atoms with van der Waals surface area (Å²) in [5, 5.41) is 10.5. The molecule has 27 heavy (non-hydrogen) atoms. The topological polar surface area (TPSA) is 98.5 Å². The van der Waals surface area contributed by atoms with E-state index in [0.29, 0.717) is 78.4 Å². The molecule has 0 unspecified atom stereocenters. The van der Waals surface area contributed by atoms with Crippen LogP contribution in [-0.4, -0.2) is 77.6 Å². The van der Waals surface area contributed by atoms with Crippen LogP contribution in [0.15, 0.2) is 24.3 Å². The van der Waals surface area contributed by atoms with Crippen LogP contribution in [-0.2, 0) is 23.7 Å². The highest BCUT2D eigenvalue weighted by atomic mass is 16.6. The summed E-state index contributed by atoms with van der Waals surface area (Å²) in [6.45, 7) is 7.65. The number of non-ortho nitro benzene ring substituents is 1. The highest BCUT2D eigenvalue weighted by molar-refractivity contribution is 5.35. The molecule has 0 aliphatic heterocycles. The Hall–Kier alpha value is -1.78. The van der Waals surface area contributed by atoms with Gasteiger partial charge in [0, 0.05) is 18.7 Å². The first-order chi connectivity index (χ1) is 13.2. The normalized spacial score (nSPS) is 10.9. The van der Waals surface area contributed by atoms with Crippen molar-refractivity contribution in [3.8, 4) is 5.75 Å². The summed E-state index contributed by atoms with van der Waals surface area (Å²) in [6.07, 6.45) is 0. The van der Waals surface area contributed by atoms with E-state index in [4.69, 9.17) is 28.4 Å². The Labute approximate surface area is 159 Å². The number of rotatable bonds is 18. The number of ether oxygens (including phenoxy) is 6. The van der Waals surface area contributed by atoms with Crippen molar-refractivity contribution >= 4 is 5.69 Å². The molecule has 0 radical (unpaired) electrons. The Morgan fingerprint density at radius 1 is 0.704 bits per heavy atom. The van der Waals surface area contributed by atoms with Crippen LogP contribution in [0.5, 0.6) is 5.75 Å². The van der Waals surface area contributed by atoms with Gasteiger partial charge in [0.2, 0.25) is 0 Å². The van der Waals surface area contributed by atoms with Crippen LogP contribution in [0, 0.1) is 10.1 Å². The maximum Gasteiger partial charge on any atom is 0.269 e. The van der Waals surface area contributed by atoms with Gasteiger partial charge in [-0.05, 0) is 19.1 Å². The Bertz CT molecular complexity index is 483. The van der Waals surface area contributed by atoms with Gasteiger partial charge in [0.05, 0.1) is 64.4 Å². The van der Waals surface area contributed by atoms with Gasteiger partial charge in [-0.25, -0.2) is 0 Å². The van der Waals surface area contributed by atoms with Crippen molar-refractivity contribution in [2.75, 3.05) is 72.7 Å². The third-order valence-electron chi connectivity index (χ3n) is 3.24. The monoisotopic (exact) mass is 387 g/mol. The maximum atomic E-state index is 10.5. The number of hydrogen-bond acceptors (Lipinski definition) is 8. The van der Waals surface area contributed by atoms with E-state index in [2.05, 4.69) is 0 Å². The number of benzene rings is 1. The molecule has 0 bridgehead atoms. The van der Waals surface area contributed by atoms with Gasteiger partial charge in [0.25, 0.3) is 5.69 Å². The summed E-state index contributed by atoms with van der Waals surface area (Å²) >= 11 is 0. The predicted octanol–water partition coefficient (Wildman–Crippen LogP) is 2.08. The number of nitrogens with zero attached hydrogens (tertiary/aromatic N) is 1. The second-order valence-electron chi connectivity index (χ2n) is 5.25. The van der Waals surface area contributed by atoms with Gasteiger partial charge in [0.15, 0.2) is 0 Å². The minimum absolute atomic E-state index is 0.0360. The highest BCUT2D eigenvalue weighted by Gasteiger charge is 2.04. The highest BCUT2D eigenvalue weighted by Crippen LogP contribution is 2.16. The fourth-order valence-electron chi connectivity index (χ4n) is 1.91. The quantitative estimate of drug-likeness (QED) is 0.214. The summed E-state index contributed by atoms with van der Waals surface area (Å²) in [5.74, 6) is 0.569. The average Bonchev–Trinajstić information content (AvgIpc) is 2.68. The Kier molecular flexibility index (Phi) is 14.1. The van der Waals surface area contributed by atoms with Crippen molar-refractivity contribution in [3.05, 3.63) is 34.4 Å². The molecule has 0 aliphatic rings. The second-order valence-corrected chi connectivity index (χ2v) is 5.25. The Balaban J connectivity index is 1.81. The molecule has 0 fully saturated rings. The van der Waals surface area contributed by atoms with Gasteiger partial charge in [-0.1, -0.05) is 0 Å². The lowest BCUT2D eigenvalue weighted by Gasteiger charge is -2.08. The van der Waals surface area contributed by atoms with E-state index >= 15 is 0 Å². The molecule has 9 nitrogen and oxygen atoms in total. The van der Waals surface area contributed by atoms with Crippen LogP contribution >= 0.6 is 0 Å². The van der Waals surface area contributed by atoms with Gasteiger partial charge >= 0.3 is 0 Å². The van der Waals surface area contributed by atoms with Crippen molar-refractivity contribution in [2.24, 2.45) is 0 Å². The van der Waals surface area contributed by atoms with Crippen molar-refractivity contribution in [1.29, 1.82) is 0 Å². The van der Waals surface area contributed by atoms with E-state index in [1.807, 2.05) is 6.92 Å². The molecule has 9 heteroatoms. The predicted molar refractivity (Wildman–Crippen MR) is 98.4 cm³/mol.